The Balaban J connectivity index is 3.18. The molecule has 0 aliphatic rings. The maximum atomic E-state index is 8.58. The molecule has 74 valence electrons. The first-order valence-electron chi connectivity index (χ1n) is 4.31. The summed E-state index contributed by atoms with van der Waals surface area (Å²) in [6.45, 7) is 1.93. The Labute approximate surface area is 83.9 Å². The van der Waals surface area contributed by atoms with Crippen LogP contribution in [0.3, 0.4) is 0 Å². The van der Waals surface area contributed by atoms with Crippen LogP contribution < -0.4 is 9.47 Å². The average molecular weight is 191 g/mol. The van der Waals surface area contributed by atoms with Crippen molar-refractivity contribution in [1.82, 2.24) is 0 Å². The van der Waals surface area contributed by atoms with Gasteiger partial charge in [0.05, 0.1) is 26.7 Å². The average Bonchev–Trinajstić information content (AvgIpc) is 2.17. The van der Waals surface area contributed by atoms with E-state index in [1.54, 1.807) is 14.2 Å². The van der Waals surface area contributed by atoms with Crippen molar-refractivity contribution < 1.29 is 9.47 Å². The minimum atomic E-state index is 0.390. The highest BCUT2D eigenvalue weighted by atomic mass is 16.5. The van der Waals surface area contributed by atoms with E-state index in [9.17, 15) is 0 Å². The minimum absolute atomic E-state index is 0.390. The standard InChI is InChI=1S/C11H13NO2/c1-8-6-9(4-5-12)7-10(13-2)11(8)14-3/h6-7H,4H2,1-3H3. The molecular weight excluding hydrogens is 178 g/mol. The maximum Gasteiger partial charge on any atom is 0.163 e. The topological polar surface area (TPSA) is 42.2 Å². The summed E-state index contributed by atoms with van der Waals surface area (Å²) in [7, 11) is 3.20. The lowest BCUT2D eigenvalue weighted by Crippen LogP contribution is -1.95. The molecule has 0 atom stereocenters. The van der Waals surface area contributed by atoms with Crippen LogP contribution in [-0.4, -0.2) is 14.2 Å². The van der Waals surface area contributed by atoms with Gasteiger partial charge in [0.2, 0.25) is 0 Å². The lowest BCUT2D eigenvalue weighted by Gasteiger charge is -2.11. The molecule has 0 bridgehead atoms. The van der Waals surface area contributed by atoms with Crippen molar-refractivity contribution in [2.45, 2.75) is 13.3 Å². The highest BCUT2D eigenvalue weighted by Crippen LogP contribution is 2.31. The summed E-state index contributed by atoms with van der Waals surface area (Å²) < 4.78 is 10.4. The summed E-state index contributed by atoms with van der Waals surface area (Å²) in [5.41, 5.74) is 1.93. The van der Waals surface area contributed by atoms with Gasteiger partial charge in [0, 0.05) is 0 Å². The van der Waals surface area contributed by atoms with Crippen LogP contribution in [0.4, 0.5) is 0 Å². The normalized spacial score (nSPS) is 9.29. The Morgan fingerprint density at radius 3 is 2.50 bits per heavy atom. The van der Waals surface area contributed by atoms with Crippen molar-refractivity contribution in [3.05, 3.63) is 23.3 Å². The summed E-state index contributed by atoms with van der Waals surface area (Å²) >= 11 is 0. The Morgan fingerprint density at radius 2 is 2.00 bits per heavy atom. The molecule has 0 N–H and O–H groups in total. The van der Waals surface area contributed by atoms with Gasteiger partial charge in [0.15, 0.2) is 11.5 Å². The minimum Gasteiger partial charge on any atom is -0.493 e. The first kappa shape index (κ1) is 10.4. The van der Waals surface area contributed by atoms with Gasteiger partial charge in [-0.3, -0.25) is 0 Å². The van der Waals surface area contributed by atoms with Crippen LogP contribution in [0.5, 0.6) is 11.5 Å². The summed E-state index contributed by atoms with van der Waals surface area (Å²) in [5.74, 6) is 1.41. The van der Waals surface area contributed by atoms with E-state index in [4.69, 9.17) is 14.7 Å². The first-order chi connectivity index (χ1) is 6.72. The smallest absolute Gasteiger partial charge is 0.163 e. The molecule has 1 rings (SSSR count). The molecule has 0 saturated heterocycles. The number of nitrogens with zero attached hydrogens (tertiary/aromatic N) is 1. The lowest BCUT2D eigenvalue weighted by molar-refractivity contribution is 0.352. The van der Waals surface area contributed by atoms with Crippen molar-refractivity contribution in [2.75, 3.05) is 14.2 Å². The largest absolute Gasteiger partial charge is 0.493 e. The highest BCUT2D eigenvalue weighted by molar-refractivity contribution is 5.49. The van der Waals surface area contributed by atoms with Crippen LogP contribution in [-0.2, 0) is 6.42 Å². The van der Waals surface area contributed by atoms with E-state index in [0.29, 0.717) is 12.2 Å². The Bertz CT molecular complexity index is 366. The number of aryl methyl sites for hydroxylation is 1. The molecular formula is C11H13NO2. The second-order valence-corrected chi connectivity index (χ2v) is 2.98. The second-order valence-electron chi connectivity index (χ2n) is 2.98. The zero-order valence-electron chi connectivity index (χ0n) is 8.63. The fourth-order valence-corrected chi connectivity index (χ4v) is 1.42. The number of nitriles is 1. The van der Waals surface area contributed by atoms with Crippen LogP contribution in [0.25, 0.3) is 0 Å². The quantitative estimate of drug-likeness (QED) is 0.734. The van der Waals surface area contributed by atoms with Crippen molar-refractivity contribution >= 4 is 0 Å². The fourth-order valence-electron chi connectivity index (χ4n) is 1.42. The van der Waals surface area contributed by atoms with Crippen LogP contribution in [0.2, 0.25) is 0 Å². The second kappa shape index (κ2) is 4.52. The van der Waals surface area contributed by atoms with E-state index in [1.807, 2.05) is 19.1 Å². The molecule has 0 amide bonds. The molecule has 0 spiro atoms. The van der Waals surface area contributed by atoms with Crippen LogP contribution >= 0.6 is 0 Å². The summed E-state index contributed by atoms with van der Waals surface area (Å²) in [5, 5.41) is 8.58. The van der Waals surface area contributed by atoms with Gasteiger partial charge in [0.25, 0.3) is 0 Å². The van der Waals surface area contributed by atoms with Crippen molar-refractivity contribution in [3.8, 4) is 17.6 Å². The summed E-state index contributed by atoms with van der Waals surface area (Å²) in [6, 6.07) is 5.87. The van der Waals surface area contributed by atoms with E-state index in [2.05, 4.69) is 6.07 Å². The Morgan fingerprint density at radius 1 is 1.29 bits per heavy atom. The summed E-state index contributed by atoms with van der Waals surface area (Å²) in [4.78, 5) is 0. The number of methoxy groups -OCH3 is 2. The Hall–Kier alpha value is -1.69. The lowest BCUT2D eigenvalue weighted by atomic mass is 10.1. The van der Waals surface area contributed by atoms with E-state index in [1.165, 1.54) is 0 Å². The predicted octanol–water partition coefficient (Wildman–Crippen LogP) is 2.08. The van der Waals surface area contributed by atoms with Gasteiger partial charge < -0.3 is 9.47 Å². The number of ether oxygens (including phenoxy) is 2. The number of hydrogen-bond acceptors (Lipinski definition) is 3. The van der Waals surface area contributed by atoms with Gasteiger partial charge in [-0.25, -0.2) is 0 Å². The maximum absolute atomic E-state index is 8.58. The molecule has 0 radical (unpaired) electrons. The molecule has 0 unspecified atom stereocenters. The van der Waals surface area contributed by atoms with Gasteiger partial charge in [-0.05, 0) is 24.1 Å². The summed E-state index contributed by atoms with van der Waals surface area (Å²) in [6.07, 6.45) is 0.390. The first-order valence-corrected chi connectivity index (χ1v) is 4.31. The predicted molar refractivity (Wildman–Crippen MR) is 53.6 cm³/mol. The molecule has 0 saturated carbocycles. The number of rotatable bonds is 3. The molecule has 14 heavy (non-hydrogen) atoms. The van der Waals surface area contributed by atoms with E-state index < -0.39 is 0 Å². The van der Waals surface area contributed by atoms with E-state index in [-0.39, 0.29) is 0 Å². The van der Waals surface area contributed by atoms with Gasteiger partial charge in [-0.15, -0.1) is 0 Å². The van der Waals surface area contributed by atoms with E-state index in [0.717, 1.165) is 16.9 Å². The SMILES string of the molecule is COc1cc(CC#N)cc(C)c1OC. The molecule has 0 heterocycles. The monoisotopic (exact) mass is 191 g/mol. The van der Waals surface area contributed by atoms with Crippen LogP contribution in [0.15, 0.2) is 12.1 Å². The Kier molecular flexibility index (Phi) is 3.35. The van der Waals surface area contributed by atoms with Crippen molar-refractivity contribution in [3.63, 3.8) is 0 Å². The van der Waals surface area contributed by atoms with Gasteiger partial charge in [-0.2, -0.15) is 5.26 Å². The molecule has 0 aliphatic heterocycles. The van der Waals surface area contributed by atoms with Crippen LogP contribution in [0.1, 0.15) is 11.1 Å². The molecule has 3 nitrogen and oxygen atoms in total. The molecule has 0 fully saturated rings. The third-order valence-electron chi connectivity index (χ3n) is 2.01. The zero-order valence-corrected chi connectivity index (χ0v) is 8.63. The fraction of sp³-hybridized carbons (Fsp3) is 0.364. The van der Waals surface area contributed by atoms with Gasteiger partial charge >= 0.3 is 0 Å². The van der Waals surface area contributed by atoms with Gasteiger partial charge in [0.1, 0.15) is 0 Å². The van der Waals surface area contributed by atoms with Gasteiger partial charge in [-0.1, -0.05) is 6.07 Å². The number of benzene rings is 1. The molecule has 1 aromatic carbocycles. The third-order valence-corrected chi connectivity index (χ3v) is 2.01. The van der Waals surface area contributed by atoms with Crippen LogP contribution in [0, 0.1) is 18.3 Å². The molecule has 0 aromatic heterocycles. The molecule has 3 heteroatoms. The molecule has 1 aromatic rings. The van der Waals surface area contributed by atoms with Crippen molar-refractivity contribution in [2.24, 2.45) is 0 Å². The third kappa shape index (κ3) is 1.97. The zero-order chi connectivity index (χ0) is 10.6. The van der Waals surface area contributed by atoms with Crippen molar-refractivity contribution in [1.29, 1.82) is 5.26 Å². The van der Waals surface area contributed by atoms with E-state index >= 15 is 0 Å². The highest BCUT2D eigenvalue weighted by Gasteiger charge is 2.08. The number of hydrogen-bond donors (Lipinski definition) is 0. The molecule has 0 aliphatic carbocycles.